The van der Waals surface area contributed by atoms with Crippen molar-refractivity contribution in [1.82, 2.24) is 4.98 Å². The van der Waals surface area contributed by atoms with Gasteiger partial charge in [-0.05, 0) is 34.1 Å². The molecule has 1 aromatic heterocycles. The predicted molar refractivity (Wildman–Crippen MR) is 80.2 cm³/mol. The average molecular weight is 358 g/mol. The van der Waals surface area contributed by atoms with Gasteiger partial charge in [0.05, 0.1) is 12.1 Å². The zero-order chi connectivity index (χ0) is 14.7. The van der Waals surface area contributed by atoms with E-state index < -0.39 is 5.97 Å². The minimum atomic E-state index is -1.07. The second-order valence-corrected chi connectivity index (χ2v) is 5.15. The third-order valence-electron chi connectivity index (χ3n) is 2.50. The van der Waals surface area contributed by atoms with Crippen molar-refractivity contribution < 1.29 is 14.6 Å². The molecule has 0 spiro atoms. The fraction of sp³-hybridized carbons (Fsp3) is 0.0769. The molecule has 7 heteroatoms. The molecule has 0 aliphatic carbocycles. The molecule has 1 heterocycles. The Labute approximate surface area is 128 Å². The zero-order valence-corrected chi connectivity index (χ0v) is 12.7. The van der Waals surface area contributed by atoms with Crippen LogP contribution in [0.1, 0.15) is 10.4 Å². The van der Waals surface area contributed by atoms with Crippen LogP contribution in [0.3, 0.4) is 0 Å². The number of ether oxygens (including phenoxy) is 1. The van der Waals surface area contributed by atoms with E-state index in [-0.39, 0.29) is 11.4 Å². The molecule has 0 bridgehead atoms. The van der Waals surface area contributed by atoms with E-state index in [0.717, 1.165) is 0 Å². The fourth-order valence-corrected chi connectivity index (χ4v) is 2.10. The standard InChI is InChI=1S/C13H10BrClN2O3/c1-20-11-5-8(2-3-10(11)15)17-12-9(13(18)19)4-7(14)6-16-12/h2-6H,1H3,(H,16,17)(H,18,19). The van der Waals surface area contributed by atoms with E-state index in [1.54, 1.807) is 18.2 Å². The highest BCUT2D eigenvalue weighted by Crippen LogP contribution is 2.29. The summed E-state index contributed by atoms with van der Waals surface area (Å²) in [5, 5.41) is 12.6. The van der Waals surface area contributed by atoms with Crippen LogP contribution in [0.5, 0.6) is 5.75 Å². The number of pyridine rings is 1. The molecule has 0 aliphatic heterocycles. The van der Waals surface area contributed by atoms with Gasteiger partial charge in [-0.15, -0.1) is 0 Å². The third kappa shape index (κ3) is 3.20. The van der Waals surface area contributed by atoms with Crippen LogP contribution in [-0.2, 0) is 0 Å². The summed E-state index contributed by atoms with van der Waals surface area (Å²) in [5.74, 6) is -0.335. The highest BCUT2D eigenvalue weighted by atomic mass is 79.9. The van der Waals surface area contributed by atoms with E-state index in [0.29, 0.717) is 20.9 Å². The second kappa shape index (κ2) is 6.11. The highest BCUT2D eigenvalue weighted by molar-refractivity contribution is 9.10. The van der Waals surface area contributed by atoms with Gasteiger partial charge in [-0.3, -0.25) is 0 Å². The van der Waals surface area contributed by atoms with Crippen molar-refractivity contribution in [1.29, 1.82) is 0 Å². The lowest BCUT2D eigenvalue weighted by atomic mass is 10.2. The zero-order valence-electron chi connectivity index (χ0n) is 10.4. The smallest absolute Gasteiger partial charge is 0.339 e. The van der Waals surface area contributed by atoms with Crippen molar-refractivity contribution in [2.24, 2.45) is 0 Å². The second-order valence-electron chi connectivity index (χ2n) is 3.83. The molecule has 0 unspecified atom stereocenters. The fourth-order valence-electron chi connectivity index (χ4n) is 1.58. The number of methoxy groups -OCH3 is 1. The Bertz CT molecular complexity index is 664. The van der Waals surface area contributed by atoms with Crippen LogP contribution >= 0.6 is 27.5 Å². The van der Waals surface area contributed by atoms with E-state index in [4.69, 9.17) is 21.4 Å². The molecular weight excluding hydrogens is 348 g/mol. The first-order chi connectivity index (χ1) is 9.51. The van der Waals surface area contributed by atoms with Crippen LogP contribution in [0.2, 0.25) is 5.02 Å². The first-order valence-corrected chi connectivity index (χ1v) is 6.67. The van der Waals surface area contributed by atoms with Gasteiger partial charge in [-0.1, -0.05) is 11.6 Å². The van der Waals surface area contributed by atoms with Gasteiger partial charge in [0.1, 0.15) is 17.1 Å². The Hall–Kier alpha value is -1.79. The number of aromatic carboxylic acids is 1. The van der Waals surface area contributed by atoms with Crippen molar-refractivity contribution in [2.75, 3.05) is 12.4 Å². The largest absolute Gasteiger partial charge is 0.495 e. The number of hydrogen-bond acceptors (Lipinski definition) is 4. The van der Waals surface area contributed by atoms with Gasteiger partial charge in [-0.2, -0.15) is 0 Å². The molecular formula is C13H10BrClN2O3. The number of hydrogen-bond donors (Lipinski definition) is 2. The number of carboxylic acids is 1. The normalized spacial score (nSPS) is 10.2. The summed E-state index contributed by atoms with van der Waals surface area (Å²) >= 11 is 9.12. The lowest BCUT2D eigenvalue weighted by Gasteiger charge is -2.10. The summed E-state index contributed by atoms with van der Waals surface area (Å²) in [5.41, 5.74) is 0.692. The van der Waals surface area contributed by atoms with Gasteiger partial charge < -0.3 is 15.2 Å². The minimum Gasteiger partial charge on any atom is -0.495 e. The van der Waals surface area contributed by atoms with E-state index in [1.165, 1.54) is 19.4 Å². The highest BCUT2D eigenvalue weighted by Gasteiger charge is 2.13. The van der Waals surface area contributed by atoms with Crippen LogP contribution in [0, 0.1) is 0 Å². The molecule has 5 nitrogen and oxygen atoms in total. The number of carbonyl (C=O) groups is 1. The first-order valence-electron chi connectivity index (χ1n) is 5.50. The maximum atomic E-state index is 11.2. The first kappa shape index (κ1) is 14.6. The maximum absolute atomic E-state index is 11.2. The van der Waals surface area contributed by atoms with Crippen LogP contribution in [0.15, 0.2) is 34.9 Å². The van der Waals surface area contributed by atoms with Crippen molar-refractivity contribution in [3.63, 3.8) is 0 Å². The summed E-state index contributed by atoms with van der Waals surface area (Å²) in [6.45, 7) is 0. The molecule has 2 N–H and O–H groups in total. The number of nitrogens with one attached hydrogen (secondary N) is 1. The van der Waals surface area contributed by atoms with Crippen molar-refractivity contribution in [2.45, 2.75) is 0 Å². The number of carboxylic acid groups (broad SMARTS) is 1. The monoisotopic (exact) mass is 356 g/mol. The molecule has 104 valence electrons. The summed E-state index contributed by atoms with van der Waals surface area (Å²) in [6.07, 6.45) is 1.52. The topological polar surface area (TPSA) is 71.5 Å². The van der Waals surface area contributed by atoms with Gasteiger partial charge in [-0.25, -0.2) is 9.78 Å². The van der Waals surface area contributed by atoms with Crippen LogP contribution < -0.4 is 10.1 Å². The Morgan fingerprint density at radius 3 is 2.85 bits per heavy atom. The quantitative estimate of drug-likeness (QED) is 0.867. The molecule has 20 heavy (non-hydrogen) atoms. The third-order valence-corrected chi connectivity index (χ3v) is 3.24. The number of nitrogens with zero attached hydrogens (tertiary/aromatic N) is 1. The molecule has 2 rings (SSSR count). The molecule has 0 fully saturated rings. The molecule has 0 radical (unpaired) electrons. The van der Waals surface area contributed by atoms with Gasteiger partial charge in [0.2, 0.25) is 0 Å². The van der Waals surface area contributed by atoms with Crippen molar-refractivity contribution >= 4 is 45.0 Å². The van der Waals surface area contributed by atoms with Gasteiger partial charge in [0, 0.05) is 22.4 Å². The number of rotatable bonds is 4. The number of anilines is 2. The summed E-state index contributed by atoms with van der Waals surface area (Å²) in [6, 6.07) is 6.50. The van der Waals surface area contributed by atoms with Gasteiger partial charge in [0.25, 0.3) is 0 Å². The molecule has 1 aromatic carbocycles. The number of aromatic nitrogens is 1. The van der Waals surface area contributed by atoms with Gasteiger partial charge in [0.15, 0.2) is 0 Å². The van der Waals surface area contributed by atoms with Crippen molar-refractivity contribution in [3.8, 4) is 5.75 Å². The summed E-state index contributed by atoms with van der Waals surface area (Å²) in [4.78, 5) is 15.3. The lowest BCUT2D eigenvalue weighted by molar-refractivity contribution is 0.0697. The van der Waals surface area contributed by atoms with Crippen molar-refractivity contribution in [3.05, 3.63) is 45.5 Å². The Kier molecular flexibility index (Phi) is 4.46. The Morgan fingerprint density at radius 1 is 1.45 bits per heavy atom. The summed E-state index contributed by atoms with van der Waals surface area (Å²) < 4.78 is 5.70. The molecule has 2 aromatic rings. The molecule has 0 atom stereocenters. The SMILES string of the molecule is COc1cc(Nc2ncc(Br)cc2C(=O)O)ccc1Cl. The predicted octanol–water partition coefficient (Wildman–Crippen LogP) is 3.95. The maximum Gasteiger partial charge on any atom is 0.339 e. The van der Waals surface area contributed by atoms with E-state index >= 15 is 0 Å². The van der Waals surface area contributed by atoms with E-state index in [1.807, 2.05) is 0 Å². The number of halogens is 2. The number of benzene rings is 1. The van der Waals surface area contributed by atoms with Crippen LogP contribution in [-0.4, -0.2) is 23.2 Å². The minimum absolute atomic E-state index is 0.0632. The molecule has 0 aliphatic rings. The van der Waals surface area contributed by atoms with E-state index in [9.17, 15) is 4.79 Å². The van der Waals surface area contributed by atoms with Crippen LogP contribution in [0.4, 0.5) is 11.5 Å². The Balaban J connectivity index is 2.37. The van der Waals surface area contributed by atoms with Crippen LogP contribution in [0.25, 0.3) is 0 Å². The average Bonchev–Trinajstić information content (AvgIpc) is 2.42. The molecule has 0 saturated carbocycles. The molecule has 0 saturated heterocycles. The molecule has 0 amide bonds. The van der Waals surface area contributed by atoms with E-state index in [2.05, 4.69) is 26.2 Å². The lowest BCUT2D eigenvalue weighted by Crippen LogP contribution is -2.05. The summed E-state index contributed by atoms with van der Waals surface area (Å²) in [7, 11) is 1.51. The Morgan fingerprint density at radius 2 is 2.20 bits per heavy atom. The van der Waals surface area contributed by atoms with Gasteiger partial charge >= 0.3 is 5.97 Å².